The average molecular weight is 339 g/mol. The van der Waals surface area contributed by atoms with Crippen LogP contribution in [0, 0.1) is 0 Å². The third-order valence-corrected chi connectivity index (χ3v) is 3.75. The highest BCUT2D eigenvalue weighted by Crippen LogP contribution is 2.07. The molecule has 0 saturated heterocycles. The van der Waals surface area contributed by atoms with Crippen LogP contribution in [0.4, 0.5) is 0 Å². The number of hydrogen-bond acceptors (Lipinski definition) is 2. The van der Waals surface area contributed by atoms with Crippen LogP contribution in [0.2, 0.25) is 0 Å². The maximum Gasteiger partial charge on any atom is 0.257 e. The lowest BCUT2D eigenvalue weighted by molar-refractivity contribution is 0.0977. The summed E-state index contributed by atoms with van der Waals surface area (Å²) >= 11 is 5.28. The number of carbonyl (C=O) groups excluding carboxylic acids is 1. The number of benzene rings is 2. The molecule has 0 radical (unpaired) electrons. The Morgan fingerprint density at radius 3 is 1.96 bits per heavy atom. The largest absolute Gasteiger partial charge is 0.357 e. The zero-order valence-corrected chi connectivity index (χ0v) is 14.7. The zero-order valence-electron chi connectivity index (χ0n) is 13.9. The number of hydrogen-bond donors (Lipinski definition) is 1. The van der Waals surface area contributed by atoms with Gasteiger partial charge in [0.1, 0.15) is 5.84 Å². The molecule has 0 atom stereocenters. The van der Waals surface area contributed by atoms with Crippen LogP contribution in [-0.2, 0) is 0 Å². The third kappa shape index (κ3) is 4.73. The first-order chi connectivity index (χ1) is 11.7. The molecule has 0 aliphatic heterocycles. The highest BCUT2D eigenvalue weighted by Gasteiger charge is 2.13. The number of carbonyl (C=O) groups is 1. The van der Waals surface area contributed by atoms with Gasteiger partial charge in [0.15, 0.2) is 0 Å². The summed E-state index contributed by atoms with van der Waals surface area (Å²) in [6.45, 7) is 5.74. The second kappa shape index (κ2) is 8.93. The Morgan fingerprint density at radius 1 is 0.958 bits per heavy atom. The van der Waals surface area contributed by atoms with Crippen molar-refractivity contribution < 1.29 is 4.79 Å². The van der Waals surface area contributed by atoms with E-state index in [0.29, 0.717) is 5.56 Å². The molecule has 2 aromatic rings. The van der Waals surface area contributed by atoms with Crippen LogP contribution in [0.15, 0.2) is 65.7 Å². The standard InChI is InChI=1S/C19H21N3OS/c1-3-22(4-2)17(15-11-7-5-8-12-15)20-19(24)21-18(23)16-13-9-6-10-14-16/h5-14H,3-4H2,1-2H3,(H,21,23,24)/b20-17+. The van der Waals surface area contributed by atoms with Crippen molar-refractivity contribution in [2.75, 3.05) is 13.1 Å². The number of thiocarbonyl (C=S) groups is 1. The summed E-state index contributed by atoms with van der Waals surface area (Å²) in [5.41, 5.74) is 1.52. The van der Waals surface area contributed by atoms with E-state index in [-0.39, 0.29) is 11.0 Å². The van der Waals surface area contributed by atoms with Crippen LogP contribution in [0.5, 0.6) is 0 Å². The maximum absolute atomic E-state index is 12.2. The molecular formula is C19H21N3OS. The van der Waals surface area contributed by atoms with Gasteiger partial charge < -0.3 is 4.90 Å². The smallest absolute Gasteiger partial charge is 0.257 e. The van der Waals surface area contributed by atoms with E-state index in [2.05, 4.69) is 29.1 Å². The molecule has 0 heterocycles. The van der Waals surface area contributed by atoms with Gasteiger partial charge in [-0.15, -0.1) is 0 Å². The van der Waals surface area contributed by atoms with Crippen molar-refractivity contribution in [1.82, 2.24) is 10.2 Å². The highest BCUT2D eigenvalue weighted by molar-refractivity contribution is 7.80. The van der Waals surface area contributed by atoms with Crippen LogP contribution in [0.1, 0.15) is 29.8 Å². The van der Waals surface area contributed by atoms with Crippen molar-refractivity contribution >= 4 is 29.1 Å². The molecule has 0 aliphatic carbocycles. The van der Waals surface area contributed by atoms with Crippen LogP contribution in [0.3, 0.4) is 0 Å². The molecular weight excluding hydrogens is 318 g/mol. The minimum Gasteiger partial charge on any atom is -0.357 e. The van der Waals surface area contributed by atoms with Crippen molar-refractivity contribution in [2.45, 2.75) is 13.8 Å². The van der Waals surface area contributed by atoms with Gasteiger partial charge in [-0.3, -0.25) is 10.1 Å². The number of nitrogens with one attached hydrogen (secondary N) is 1. The van der Waals surface area contributed by atoms with Crippen LogP contribution >= 0.6 is 12.2 Å². The van der Waals surface area contributed by atoms with Crippen molar-refractivity contribution in [2.24, 2.45) is 4.99 Å². The molecule has 0 saturated carbocycles. The van der Waals surface area contributed by atoms with Gasteiger partial charge in [-0.1, -0.05) is 48.5 Å². The van der Waals surface area contributed by atoms with Crippen molar-refractivity contribution in [1.29, 1.82) is 0 Å². The van der Waals surface area contributed by atoms with E-state index in [1.807, 2.05) is 48.5 Å². The average Bonchev–Trinajstić information content (AvgIpc) is 2.63. The van der Waals surface area contributed by atoms with Crippen LogP contribution in [0.25, 0.3) is 0 Å². The molecule has 2 rings (SSSR count). The van der Waals surface area contributed by atoms with Crippen LogP contribution < -0.4 is 5.32 Å². The maximum atomic E-state index is 12.2. The molecule has 0 bridgehead atoms. The summed E-state index contributed by atoms with van der Waals surface area (Å²) in [4.78, 5) is 18.8. The van der Waals surface area contributed by atoms with Gasteiger partial charge in [0, 0.05) is 24.2 Å². The first-order valence-electron chi connectivity index (χ1n) is 7.95. The number of nitrogens with zero attached hydrogens (tertiary/aromatic N) is 2. The Hall–Kier alpha value is -2.53. The summed E-state index contributed by atoms with van der Waals surface area (Å²) in [5.74, 6) is 0.510. The van der Waals surface area contributed by atoms with E-state index in [1.54, 1.807) is 12.1 Å². The monoisotopic (exact) mass is 339 g/mol. The molecule has 1 N–H and O–H groups in total. The number of amides is 1. The van der Waals surface area contributed by atoms with Gasteiger partial charge >= 0.3 is 0 Å². The first kappa shape index (κ1) is 17.8. The molecule has 0 aromatic heterocycles. The van der Waals surface area contributed by atoms with E-state index in [0.717, 1.165) is 24.5 Å². The minimum atomic E-state index is -0.253. The molecule has 4 nitrogen and oxygen atoms in total. The van der Waals surface area contributed by atoms with Gasteiger partial charge in [0.25, 0.3) is 5.91 Å². The van der Waals surface area contributed by atoms with Gasteiger partial charge in [0.05, 0.1) is 0 Å². The fourth-order valence-corrected chi connectivity index (χ4v) is 2.49. The number of amidine groups is 1. The van der Waals surface area contributed by atoms with E-state index >= 15 is 0 Å². The summed E-state index contributed by atoms with van der Waals surface area (Å²) in [5, 5.41) is 2.84. The van der Waals surface area contributed by atoms with E-state index in [1.165, 1.54) is 0 Å². The Kier molecular flexibility index (Phi) is 6.63. The number of rotatable bonds is 4. The lowest BCUT2D eigenvalue weighted by Gasteiger charge is -2.23. The van der Waals surface area contributed by atoms with Gasteiger partial charge in [0.2, 0.25) is 5.11 Å². The second-order valence-electron chi connectivity index (χ2n) is 5.10. The predicted molar refractivity (Wildman–Crippen MR) is 102 cm³/mol. The van der Waals surface area contributed by atoms with Crippen molar-refractivity contribution in [3.63, 3.8) is 0 Å². The highest BCUT2D eigenvalue weighted by atomic mass is 32.1. The van der Waals surface area contributed by atoms with Crippen molar-refractivity contribution in [3.05, 3.63) is 71.8 Å². The lowest BCUT2D eigenvalue weighted by Crippen LogP contribution is -2.35. The third-order valence-electron chi connectivity index (χ3n) is 3.56. The Labute approximate surface area is 148 Å². The van der Waals surface area contributed by atoms with Gasteiger partial charge in [-0.05, 0) is 38.2 Å². The quantitative estimate of drug-likeness (QED) is 0.527. The second-order valence-corrected chi connectivity index (χ2v) is 5.49. The molecule has 0 spiro atoms. The molecule has 0 unspecified atom stereocenters. The zero-order chi connectivity index (χ0) is 17.4. The topological polar surface area (TPSA) is 44.7 Å². The summed E-state index contributed by atoms with van der Waals surface area (Å²) in [6.07, 6.45) is 0. The normalized spacial score (nSPS) is 11.0. The molecule has 24 heavy (non-hydrogen) atoms. The van der Waals surface area contributed by atoms with Crippen LogP contribution in [-0.4, -0.2) is 34.8 Å². The molecule has 2 aromatic carbocycles. The van der Waals surface area contributed by atoms with Crippen molar-refractivity contribution in [3.8, 4) is 0 Å². The molecule has 5 heteroatoms. The summed E-state index contributed by atoms with van der Waals surface area (Å²) < 4.78 is 0. The summed E-state index contributed by atoms with van der Waals surface area (Å²) in [7, 11) is 0. The van der Waals surface area contributed by atoms with E-state index in [4.69, 9.17) is 12.2 Å². The molecule has 124 valence electrons. The predicted octanol–water partition coefficient (Wildman–Crippen LogP) is 3.49. The molecule has 0 aliphatic rings. The Bertz CT molecular complexity index is 710. The number of aliphatic imine (C=N–C) groups is 1. The van der Waals surface area contributed by atoms with Gasteiger partial charge in [-0.2, -0.15) is 0 Å². The molecule has 0 fully saturated rings. The summed E-state index contributed by atoms with van der Waals surface area (Å²) in [6, 6.07) is 18.8. The first-order valence-corrected chi connectivity index (χ1v) is 8.36. The fraction of sp³-hybridized carbons (Fsp3) is 0.211. The Morgan fingerprint density at radius 2 is 1.46 bits per heavy atom. The SMILES string of the molecule is CCN(CC)/C(=N/C(=S)NC(=O)c1ccccc1)c1ccccc1. The molecule has 1 amide bonds. The minimum absolute atomic E-state index is 0.162. The lowest BCUT2D eigenvalue weighted by atomic mass is 10.2. The fourth-order valence-electron chi connectivity index (χ4n) is 2.31. The van der Waals surface area contributed by atoms with Gasteiger partial charge in [-0.25, -0.2) is 4.99 Å². The Balaban J connectivity index is 2.22. The van der Waals surface area contributed by atoms with E-state index < -0.39 is 0 Å². The van der Waals surface area contributed by atoms with E-state index in [9.17, 15) is 4.79 Å².